The summed E-state index contributed by atoms with van der Waals surface area (Å²) in [6, 6.07) is 4.95. The number of ether oxygens (including phenoxy) is 1. The van der Waals surface area contributed by atoms with Crippen LogP contribution in [0.5, 0.6) is 0 Å². The highest BCUT2D eigenvalue weighted by atomic mass is 16.6. The topological polar surface area (TPSA) is 92.9 Å². The maximum absolute atomic E-state index is 10.9. The van der Waals surface area contributed by atoms with E-state index in [9.17, 15) is 14.9 Å². The number of morpholine rings is 1. The first kappa shape index (κ1) is 14.4. The largest absolute Gasteiger partial charge is 0.479 e. The third-order valence-corrected chi connectivity index (χ3v) is 3.43. The normalized spacial score (nSPS) is 19.8. The zero-order chi connectivity index (χ0) is 14.7. The average Bonchev–Trinajstić information content (AvgIpc) is 2.41. The van der Waals surface area contributed by atoms with E-state index >= 15 is 0 Å². The highest BCUT2D eigenvalue weighted by Crippen LogP contribution is 2.22. The SMILES string of the molecule is Cc1c(CN2CCOC(C(=O)O)C2)cccc1[N+](=O)[O-]. The number of rotatable bonds is 4. The van der Waals surface area contributed by atoms with E-state index in [4.69, 9.17) is 9.84 Å². The van der Waals surface area contributed by atoms with Gasteiger partial charge in [0.15, 0.2) is 6.10 Å². The predicted molar refractivity (Wildman–Crippen MR) is 70.5 cm³/mol. The first-order valence-corrected chi connectivity index (χ1v) is 6.28. The van der Waals surface area contributed by atoms with Crippen molar-refractivity contribution >= 4 is 11.7 Å². The molecule has 20 heavy (non-hydrogen) atoms. The Morgan fingerprint density at radius 1 is 1.60 bits per heavy atom. The summed E-state index contributed by atoms with van der Waals surface area (Å²) in [5, 5.41) is 19.9. The van der Waals surface area contributed by atoms with E-state index in [-0.39, 0.29) is 12.2 Å². The van der Waals surface area contributed by atoms with Crippen LogP contribution in [0.3, 0.4) is 0 Å². The average molecular weight is 280 g/mol. The molecule has 0 saturated carbocycles. The Bertz CT molecular complexity index is 531. The molecule has 1 saturated heterocycles. The summed E-state index contributed by atoms with van der Waals surface area (Å²) < 4.78 is 5.15. The minimum absolute atomic E-state index is 0.0885. The molecule has 1 aromatic carbocycles. The number of benzene rings is 1. The van der Waals surface area contributed by atoms with Gasteiger partial charge in [-0.1, -0.05) is 12.1 Å². The van der Waals surface area contributed by atoms with Crippen molar-refractivity contribution in [3.8, 4) is 0 Å². The molecule has 0 radical (unpaired) electrons. The lowest BCUT2D eigenvalue weighted by Crippen LogP contribution is -2.45. The molecule has 1 heterocycles. The fourth-order valence-electron chi connectivity index (χ4n) is 2.28. The van der Waals surface area contributed by atoms with Crippen LogP contribution in [0.4, 0.5) is 5.69 Å². The van der Waals surface area contributed by atoms with E-state index in [1.807, 2.05) is 11.0 Å². The van der Waals surface area contributed by atoms with Gasteiger partial charge in [-0.3, -0.25) is 15.0 Å². The second kappa shape index (κ2) is 5.98. The molecule has 7 heteroatoms. The van der Waals surface area contributed by atoms with Gasteiger partial charge >= 0.3 is 5.97 Å². The van der Waals surface area contributed by atoms with E-state index in [1.54, 1.807) is 13.0 Å². The summed E-state index contributed by atoms with van der Waals surface area (Å²) in [5.74, 6) is -0.981. The molecule has 0 bridgehead atoms. The third kappa shape index (κ3) is 3.12. The zero-order valence-electron chi connectivity index (χ0n) is 11.1. The summed E-state index contributed by atoms with van der Waals surface area (Å²) in [5.41, 5.74) is 1.55. The first-order valence-electron chi connectivity index (χ1n) is 6.28. The van der Waals surface area contributed by atoms with Gasteiger partial charge in [-0.05, 0) is 12.5 Å². The summed E-state index contributed by atoms with van der Waals surface area (Å²) in [4.78, 5) is 23.4. The van der Waals surface area contributed by atoms with Crippen LogP contribution in [0.2, 0.25) is 0 Å². The second-order valence-electron chi connectivity index (χ2n) is 4.75. The van der Waals surface area contributed by atoms with Crippen molar-refractivity contribution in [3.63, 3.8) is 0 Å². The highest BCUT2D eigenvalue weighted by Gasteiger charge is 2.26. The Morgan fingerprint density at radius 2 is 2.35 bits per heavy atom. The molecule has 1 aliphatic rings. The van der Waals surface area contributed by atoms with Gasteiger partial charge in [-0.25, -0.2) is 4.79 Å². The van der Waals surface area contributed by atoms with E-state index in [0.29, 0.717) is 25.3 Å². The maximum Gasteiger partial charge on any atom is 0.334 e. The molecule has 1 fully saturated rings. The summed E-state index contributed by atoms with van der Waals surface area (Å²) in [7, 11) is 0. The van der Waals surface area contributed by atoms with Gasteiger partial charge in [0.1, 0.15) is 0 Å². The minimum Gasteiger partial charge on any atom is -0.479 e. The summed E-state index contributed by atoms with van der Waals surface area (Å²) in [6.07, 6.45) is -0.831. The minimum atomic E-state index is -0.981. The number of carbonyl (C=O) groups is 1. The molecule has 0 amide bonds. The molecule has 7 nitrogen and oxygen atoms in total. The lowest BCUT2D eigenvalue weighted by Gasteiger charge is -2.31. The number of aliphatic carboxylic acids is 1. The molecule has 1 unspecified atom stereocenters. The molecular formula is C13H16N2O5. The zero-order valence-corrected chi connectivity index (χ0v) is 11.1. The molecule has 108 valence electrons. The van der Waals surface area contributed by atoms with Crippen molar-refractivity contribution in [1.29, 1.82) is 0 Å². The van der Waals surface area contributed by atoms with Crippen LogP contribution in [-0.2, 0) is 16.1 Å². The van der Waals surface area contributed by atoms with E-state index < -0.39 is 17.0 Å². The Morgan fingerprint density at radius 3 is 3.00 bits per heavy atom. The van der Waals surface area contributed by atoms with E-state index in [0.717, 1.165) is 5.56 Å². The third-order valence-electron chi connectivity index (χ3n) is 3.43. The first-order chi connectivity index (χ1) is 9.49. The fraction of sp³-hybridized carbons (Fsp3) is 0.462. The van der Waals surface area contributed by atoms with E-state index in [1.165, 1.54) is 6.07 Å². The van der Waals surface area contributed by atoms with Crippen LogP contribution in [0.1, 0.15) is 11.1 Å². The van der Waals surface area contributed by atoms with Crippen LogP contribution in [0, 0.1) is 17.0 Å². The standard InChI is InChI=1S/C13H16N2O5/c1-9-10(3-2-4-11(9)15(18)19)7-14-5-6-20-12(8-14)13(16)17/h2-4,12H,5-8H2,1H3,(H,16,17). The van der Waals surface area contributed by atoms with Gasteiger partial charge in [0.05, 0.1) is 11.5 Å². The van der Waals surface area contributed by atoms with Crippen LogP contribution >= 0.6 is 0 Å². The summed E-state index contributed by atoms with van der Waals surface area (Å²) >= 11 is 0. The van der Waals surface area contributed by atoms with Crippen LogP contribution in [-0.4, -0.2) is 46.7 Å². The smallest absolute Gasteiger partial charge is 0.334 e. The molecular weight excluding hydrogens is 264 g/mol. The number of hydrogen-bond donors (Lipinski definition) is 1. The molecule has 1 aliphatic heterocycles. The van der Waals surface area contributed by atoms with Crippen LogP contribution in [0.15, 0.2) is 18.2 Å². The maximum atomic E-state index is 10.9. The van der Waals surface area contributed by atoms with E-state index in [2.05, 4.69) is 0 Å². The molecule has 0 aromatic heterocycles. The quantitative estimate of drug-likeness (QED) is 0.657. The van der Waals surface area contributed by atoms with Crippen molar-refractivity contribution in [1.82, 2.24) is 4.90 Å². The van der Waals surface area contributed by atoms with Gasteiger partial charge in [-0.2, -0.15) is 0 Å². The number of nitro groups is 1. The van der Waals surface area contributed by atoms with Crippen molar-refractivity contribution in [2.75, 3.05) is 19.7 Å². The molecule has 1 aromatic rings. The Labute approximate surface area is 115 Å². The van der Waals surface area contributed by atoms with Gasteiger partial charge in [0, 0.05) is 31.3 Å². The highest BCUT2D eigenvalue weighted by molar-refractivity contribution is 5.72. The van der Waals surface area contributed by atoms with Crippen LogP contribution in [0.25, 0.3) is 0 Å². The Hall–Kier alpha value is -1.99. The predicted octanol–water partition coefficient (Wildman–Crippen LogP) is 1.19. The molecule has 0 aliphatic carbocycles. The second-order valence-corrected chi connectivity index (χ2v) is 4.75. The molecule has 2 rings (SSSR count). The molecule has 0 spiro atoms. The summed E-state index contributed by atoms with van der Waals surface area (Å²) in [6.45, 7) is 3.46. The van der Waals surface area contributed by atoms with Gasteiger partial charge < -0.3 is 9.84 Å². The number of nitro benzene ring substituents is 1. The van der Waals surface area contributed by atoms with Crippen LogP contribution < -0.4 is 0 Å². The lowest BCUT2D eigenvalue weighted by atomic mass is 10.1. The number of carboxylic acids is 1. The van der Waals surface area contributed by atoms with Gasteiger partial charge in [0.25, 0.3) is 5.69 Å². The monoisotopic (exact) mass is 280 g/mol. The molecule has 1 N–H and O–H groups in total. The van der Waals surface area contributed by atoms with Gasteiger partial charge in [-0.15, -0.1) is 0 Å². The Kier molecular flexibility index (Phi) is 4.31. The van der Waals surface area contributed by atoms with Crippen molar-refractivity contribution in [2.24, 2.45) is 0 Å². The molecule has 1 atom stereocenters. The van der Waals surface area contributed by atoms with Gasteiger partial charge in [0.2, 0.25) is 0 Å². The lowest BCUT2D eigenvalue weighted by molar-refractivity contribution is -0.385. The Balaban J connectivity index is 2.12. The number of hydrogen-bond acceptors (Lipinski definition) is 5. The fourth-order valence-corrected chi connectivity index (χ4v) is 2.28. The van der Waals surface area contributed by atoms with Crippen molar-refractivity contribution in [3.05, 3.63) is 39.4 Å². The van der Waals surface area contributed by atoms with Crippen molar-refractivity contribution in [2.45, 2.75) is 19.6 Å². The van der Waals surface area contributed by atoms with Crippen molar-refractivity contribution < 1.29 is 19.6 Å². The number of nitrogens with zero attached hydrogens (tertiary/aromatic N) is 2. The number of carboxylic acid groups (broad SMARTS) is 1.